The fourth-order valence-corrected chi connectivity index (χ4v) is 4.98. The summed E-state index contributed by atoms with van der Waals surface area (Å²) in [5.41, 5.74) is 5.50. The predicted octanol–water partition coefficient (Wildman–Crippen LogP) is 4.28. The summed E-state index contributed by atoms with van der Waals surface area (Å²) in [6, 6.07) is 12.4. The number of aliphatic imine (C=N–C) groups is 1. The molecule has 0 amide bonds. The molecule has 0 radical (unpaired) electrons. The summed E-state index contributed by atoms with van der Waals surface area (Å²) in [7, 11) is 0. The molecule has 0 saturated heterocycles. The van der Waals surface area contributed by atoms with Crippen molar-refractivity contribution in [2.75, 3.05) is 0 Å². The Kier molecular flexibility index (Phi) is 8.70. The number of nitrogens with one attached hydrogen (secondary N) is 3. The zero-order chi connectivity index (χ0) is 28.0. The van der Waals surface area contributed by atoms with Gasteiger partial charge in [0, 0.05) is 23.7 Å². The van der Waals surface area contributed by atoms with Crippen LogP contribution in [0, 0.1) is 21.8 Å². The van der Waals surface area contributed by atoms with Crippen molar-refractivity contribution in [3.8, 4) is 5.75 Å². The molecule has 39 heavy (non-hydrogen) atoms. The van der Waals surface area contributed by atoms with Crippen molar-refractivity contribution in [1.82, 2.24) is 16.0 Å². The van der Waals surface area contributed by atoms with Crippen LogP contribution >= 0.6 is 0 Å². The minimum atomic E-state index is -4.85. The van der Waals surface area contributed by atoms with E-state index in [-0.39, 0.29) is 53.7 Å². The summed E-state index contributed by atoms with van der Waals surface area (Å²) in [6.45, 7) is 0.235. The number of nitrogens with zero attached hydrogens (tertiary/aromatic N) is 2. The number of nitro groups is 1. The maximum atomic E-state index is 13.9. The molecule has 0 aromatic heterocycles. The Bertz CT molecular complexity index is 1230. The topological polar surface area (TPSA) is 127 Å². The van der Waals surface area contributed by atoms with Gasteiger partial charge in [-0.15, -0.1) is 13.2 Å². The number of hydrogen-bond donors (Lipinski definition) is 4. The van der Waals surface area contributed by atoms with Crippen molar-refractivity contribution in [3.63, 3.8) is 0 Å². The number of nitrogens with two attached hydrogens (primary N) is 1. The highest BCUT2D eigenvalue weighted by atomic mass is 19.4. The van der Waals surface area contributed by atoms with Gasteiger partial charge in [-0.3, -0.25) is 15.8 Å². The molecule has 5 N–H and O–H groups in total. The van der Waals surface area contributed by atoms with Crippen LogP contribution in [0.2, 0.25) is 0 Å². The van der Waals surface area contributed by atoms with Gasteiger partial charge < -0.3 is 20.7 Å². The van der Waals surface area contributed by atoms with E-state index >= 15 is 0 Å². The molecule has 1 atom stereocenters. The smallest absolute Gasteiger partial charge is 0.405 e. The average molecular weight is 551 g/mol. The number of halogens is 4. The van der Waals surface area contributed by atoms with Crippen molar-refractivity contribution in [2.24, 2.45) is 16.6 Å². The maximum Gasteiger partial charge on any atom is 0.573 e. The highest BCUT2D eigenvalue weighted by Gasteiger charge is 2.44. The van der Waals surface area contributed by atoms with Crippen molar-refractivity contribution >= 4 is 5.96 Å². The van der Waals surface area contributed by atoms with E-state index in [1.54, 1.807) is 24.3 Å². The molecule has 210 valence electrons. The molecule has 0 bridgehead atoms. The number of alkyl halides is 3. The zero-order valence-electron chi connectivity index (χ0n) is 21.0. The molecule has 2 aliphatic rings. The van der Waals surface area contributed by atoms with Crippen LogP contribution in [0.3, 0.4) is 0 Å². The number of para-hydroxylation sites is 1. The first-order chi connectivity index (χ1) is 18.5. The van der Waals surface area contributed by atoms with Crippen molar-refractivity contribution in [3.05, 3.63) is 87.5 Å². The zero-order valence-corrected chi connectivity index (χ0v) is 21.0. The summed E-state index contributed by atoms with van der Waals surface area (Å²) in [5.74, 6) is -0.456. The Balaban J connectivity index is 1.38. The first-order valence-corrected chi connectivity index (χ1v) is 12.6. The van der Waals surface area contributed by atoms with Crippen molar-refractivity contribution in [1.29, 1.82) is 0 Å². The van der Waals surface area contributed by atoms with Gasteiger partial charge in [-0.25, -0.2) is 9.38 Å². The number of rotatable bonds is 9. The molecular weight excluding hydrogens is 520 g/mol. The molecule has 1 unspecified atom stereocenters. The van der Waals surface area contributed by atoms with Crippen LogP contribution in [0.1, 0.15) is 43.2 Å². The lowest BCUT2D eigenvalue weighted by molar-refractivity contribution is -0.437. The van der Waals surface area contributed by atoms with Gasteiger partial charge in [0.05, 0.1) is 17.7 Å². The molecular formula is C26H30F4N6O3. The lowest BCUT2D eigenvalue weighted by Gasteiger charge is -2.37. The highest BCUT2D eigenvalue weighted by Crippen LogP contribution is 2.33. The van der Waals surface area contributed by atoms with Crippen LogP contribution in [0.25, 0.3) is 0 Å². The first-order valence-electron chi connectivity index (χ1n) is 12.6. The van der Waals surface area contributed by atoms with Gasteiger partial charge in [-0.2, -0.15) is 0 Å². The number of benzene rings is 2. The predicted molar refractivity (Wildman–Crippen MR) is 136 cm³/mol. The van der Waals surface area contributed by atoms with E-state index in [0.717, 1.165) is 31.9 Å². The second kappa shape index (κ2) is 12.0. The molecule has 1 heterocycles. The lowest BCUT2D eigenvalue weighted by Crippen LogP contribution is -2.64. The fraction of sp³-hybridized carbons (Fsp3) is 0.423. The Morgan fingerprint density at radius 2 is 1.77 bits per heavy atom. The summed E-state index contributed by atoms with van der Waals surface area (Å²) in [5, 5.41) is 20.7. The Labute approximate surface area is 222 Å². The van der Waals surface area contributed by atoms with E-state index < -0.39 is 16.9 Å². The van der Waals surface area contributed by atoms with Gasteiger partial charge in [-0.1, -0.05) is 36.4 Å². The van der Waals surface area contributed by atoms with E-state index in [9.17, 15) is 27.7 Å². The lowest BCUT2D eigenvalue weighted by atomic mass is 9.79. The second-order valence-electron chi connectivity index (χ2n) is 9.74. The van der Waals surface area contributed by atoms with Gasteiger partial charge in [-0.05, 0) is 50.2 Å². The fourth-order valence-electron chi connectivity index (χ4n) is 4.98. The second-order valence-corrected chi connectivity index (χ2v) is 9.74. The van der Waals surface area contributed by atoms with Gasteiger partial charge in [0.1, 0.15) is 11.6 Å². The van der Waals surface area contributed by atoms with Gasteiger partial charge in [0.25, 0.3) is 0 Å². The molecule has 2 aromatic rings. The van der Waals surface area contributed by atoms with Crippen LogP contribution in [0.4, 0.5) is 17.6 Å². The van der Waals surface area contributed by atoms with Crippen LogP contribution in [-0.4, -0.2) is 28.9 Å². The largest absolute Gasteiger partial charge is 0.573 e. The molecule has 4 rings (SSSR count). The third-order valence-corrected chi connectivity index (χ3v) is 6.94. The standard InChI is InChI=1S/C26H30F4N6O3/c27-21-7-3-1-5-18(21)14-32-20-11-9-17(10-12-20)13-25(31)23(36(37)38)16-34-24(35-25)33-15-19-6-2-4-8-22(19)39-26(28,29)30/h1-8,16-17,20,32H,9-15,31H2,(H2,33,34,35). The van der Waals surface area contributed by atoms with Crippen LogP contribution in [0.5, 0.6) is 5.75 Å². The molecule has 2 aromatic carbocycles. The maximum absolute atomic E-state index is 13.9. The minimum Gasteiger partial charge on any atom is -0.405 e. The Hall–Kier alpha value is -3.71. The summed E-state index contributed by atoms with van der Waals surface area (Å²) >= 11 is 0. The Morgan fingerprint density at radius 3 is 2.44 bits per heavy atom. The number of ether oxygens (including phenoxy) is 1. The van der Waals surface area contributed by atoms with E-state index in [0.29, 0.717) is 12.1 Å². The average Bonchev–Trinajstić information content (AvgIpc) is 2.87. The molecule has 1 aliphatic heterocycles. The third kappa shape index (κ3) is 7.67. The number of hydrogen-bond acceptors (Lipinski definition) is 6. The Morgan fingerprint density at radius 1 is 1.10 bits per heavy atom. The van der Waals surface area contributed by atoms with Crippen molar-refractivity contribution < 1.29 is 27.2 Å². The van der Waals surface area contributed by atoms with Crippen LogP contribution < -0.4 is 26.4 Å². The van der Waals surface area contributed by atoms with E-state index in [1.165, 1.54) is 24.3 Å². The van der Waals surface area contributed by atoms with Crippen LogP contribution in [0.15, 0.2) is 65.4 Å². The highest BCUT2D eigenvalue weighted by molar-refractivity contribution is 5.83. The molecule has 9 nitrogen and oxygen atoms in total. The summed E-state index contributed by atoms with van der Waals surface area (Å²) in [6.07, 6.45) is -0.287. The minimum absolute atomic E-state index is 0.0811. The van der Waals surface area contributed by atoms with E-state index in [2.05, 4.69) is 25.7 Å². The third-order valence-electron chi connectivity index (χ3n) is 6.94. The van der Waals surface area contributed by atoms with Crippen LogP contribution in [-0.2, 0) is 13.1 Å². The normalized spacial score (nSPS) is 24.4. The first kappa shape index (κ1) is 28.3. The van der Waals surface area contributed by atoms with Gasteiger partial charge >= 0.3 is 12.1 Å². The molecule has 1 saturated carbocycles. The monoisotopic (exact) mass is 550 g/mol. The summed E-state index contributed by atoms with van der Waals surface area (Å²) < 4.78 is 56.1. The van der Waals surface area contributed by atoms with Crippen molar-refractivity contribution in [2.45, 2.75) is 63.3 Å². The molecule has 1 fully saturated rings. The SMILES string of the molecule is NC1(CC2CCC(NCc3ccccc3F)CC2)NC(=NCc2ccccc2OC(F)(F)F)NC=C1[N+](=O)[O-]. The van der Waals surface area contributed by atoms with E-state index in [4.69, 9.17) is 5.73 Å². The van der Waals surface area contributed by atoms with Gasteiger partial charge in [0.2, 0.25) is 0 Å². The molecule has 0 spiro atoms. The molecule has 13 heteroatoms. The number of guanidine groups is 1. The quantitative estimate of drug-likeness (QED) is 0.209. The van der Waals surface area contributed by atoms with Gasteiger partial charge in [0.15, 0.2) is 11.6 Å². The summed E-state index contributed by atoms with van der Waals surface area (Å²) in [4.78, 5) is 15.4. The molecule has 1 aliphatic carbocycles. The van der Waals surface area contributed by atoms with E-state index in [1.807, 2.05) is 0 Å².